The Morgan fingerprint density at radius 1 is 0.875 bits per heavy atom. The van der Waals surface area contributed by atoms with Gasteiger partial charge in [0.1, 0.15) is 11.6 Å². The summed E-state index contributed by atoms with van der Waals surface area (Å²) in [5, 5.41) is 19.5. The third-order valence-electron chi connectivity index (χ3n) is 8.94. The van der Waals surface area contributed by atoms with Crippen LogP contribution in [0.15, 0.2) is 103 Å². The van der Waals surface area contributed by atoms with Crippen molar-refractivity contribution in [1.82, 2.24) is 15.5 Å². The number of hydrogen-bond acceptors (Lipinski definition) is 4. The molecule has 0 bridgehead atoms. The number of piperidine rings is 1. The number of halogens is 1. The number of anilines is 1. The number of rotatable bonds is 11. The summed E-state index contributed by atoms with van der Waals surface area (Å²) in [5.41, 5.74) is 2.45. The number of amides is 3. The fourth-order valence-corrected chi connectivity index (χ4v) is 10.8. The minimum Gasteiger partial charge on any atom is -0.534 e. The summed E-state index contributed by atoms with van der Waals surface area (Å²) < 4.78 is 22.5. The van der Waals surface area contributed by atoms with Crippen molar-refractivity contribution in [3.63, 3.8) is 0 Å². The number of carbonyl (C=O) groups is 2. The lowest BCUT2D eigenvalue weighted by Gasteiger charge is -2.43. The molecule has 4 N–H and O–H groups in total. The van der Waals surface area contributed by atoms with Gasteiger partial charge in [0.15, 0.2) is 0 Å². The summed E-state index contributed by atoms with van der Waals surface area (Å²) in [4.78, 5) is 25.4. The first-order chi connectivity index (χ1) is 23.0. The highest BCUT2D eigenvalue weighted by atomic mass is 28.4. The molecule has 0 aliphatic carbocycles. The molecule has 1 aliphatic heterocycles. The molecule has 8 nitrogen and oxygen atoms in total. The van der Waals surface area contributed by atoms with E-state index in [4.69, 9.17) is 9.53 Å². The number of likely N-dealkylation sites (tertiary alicyclic amines) is 1. The number of hydrogen-bond donors (Lipinski definition) is 4. The number of nitrogens with zero attached hydrogens (tertiary/aromatic N) is 1. The van der Waals surface area contributed by atoms with Gasteiger partial charge in [-0.25, -0.2) is 14.0 Å². The fourth-order valence-electron chi connectivity index (χ4n) is 6.39. The number of carbonyl (C=O) groups excluding carboxylic acids is 1. The SMILES string of the molecule is CC(C)(C)[Si](Oc1ccc(CNC(=O)N2CCC(Nc3ccc(CCNC(=O)O)cc3)CC2)c(F)c1)(c1ccccc1)c1ccccc1. The molecule has 1 fully saturated rings. The van der Waals surface area contributed by atoms with Crippen LogP contribution in [-0.4, -0.2) is 56.1 Å². The van der Waals surface area contributed by atoms with Crippen molar-refractivity contribution in [3.8, 4) is 5.75 Å². The maximum absolute atomic E-state index is 15.5. The van der Waals surface area contributed by atoms with E-state index in [0.29, 0.717) is 37.4 Å². The summed E-state index contributed by atoms with van der Waals surface area (Å²) in [5.74, 6) is 0.0501. The molecule has 252 valence electrons. The third kappa shape index (κ3) is 8.35. The largest absolute Gasteiger partial charge is 0.534 e. The van der Waals surface area contributed by atoms with Crippen molar-refractivity contribution < 1.29 is 23.5 Å². The maximum Gasteiger partial charge on any atom is 0.404 e. The van der Waals surface area contributed by atoms with Crippen LogP contribution in [0, 0.1) is 5.82 Å². The summed E-state index contributed by atoms with van der Waals surface area (Å²) in [6, 6.07) is 33.4. The Kier molecular flexibility index (Phi) is 11.1. The van der Waals surface area contributed by atoms with Gasteiger partial charge in [0.25, 0.3) is 0 Å². The van der Waals surface area contributed by atoms with Gasteiger partial charge in [0.05, 0.1) is 0 Å². The topological polar surface area (TPSA) is 103 Å². The summed E-state index contributed by atoms with van der Waals surface area (Å²) >= 11 is 0. The van der Waals surface area contributed by atoms with Gasteiger partial charge in [0, 0.05) is 49.5 Å². The number of carboxylic acid groups (broad SMARTS) is 1. The molecule has 48 heavy (non-hydrogen) atoms. The Hall–Kier alpha value is -4.83. The number of urea groups is 1. The highest BCUT2D eigenvalue weighted by Gasteiger charge is 2.52. The van der Waals surface area contributed by atoms with Crippen molar-refractivity contribution in [3.05, 3.63) is 120 Å². The lowest BCUT2D eigenvalue weighted by molar-refractivity contribution is 0.183. The van der Waals surface area contributed by atoms with Gasteiger partial charge in [0.2, 0.25) is 0 Å². The molecular weight excluding hydrogens is 624 g/mol. The molecule has 1 aliphatic rings. The summed E-state index contributed by atoms with van der Waals surface area (Å²) in [7, 11) is -2.90. The molecule has 0 aromatic heterocycles. The molecule has 10 heteroatoms. The molecule has 0 radical (unpaired) electrons. The number of benzene rings is 4. The highest BCUT2D eigenvalue weighted by molar-refractivity contribution is 7.00. The van der Waals surface area contributed by atoms with E-state index in [1.54, 1.807) is 17.0 Å². The van der Waals surface area contributed by atoms with E-state index < -0.39 is 20.2 Å². The van der Waals surface area contributed by atoms with Crippen molar-refractivity contribution in [2.24, 2.45) is 0 Å². The average Bonchev–Trinajstić information content (AvgIpc) is 3.08. The maximum atomic E-state index is 15.5. The van der Waals surface area contributed by atoms with Gasteiger partial charge in [-0.3, -0.25) is 0 Å². The standard InChI is InChI=1S/C38H45FN4O4Si/c1-38(2,3)48(33-10-6-4-7-11-33,34-12-8-5-9-13-34)47-32-19-16-29(35(39)26-32)27-41-36(44)43-24-21-31(22-25-43)42-30-17-14-28(15-18-30)20-23-40-37(45)46/h4-19,26,31,40,42H,20-25,27H2,1-3H3,(H,41,44)(H,45,46). The van der Waals surface area contributed by atoms with E-state index in [0.717, 1.165) is 34.5 Å². The normalized spacial score (nSPS) is 13.9. The average molecular weight is 669 g/mol. The second kappa shape index (κ2) is 15.4. The Bertz CT molecular complexity index is 1620. The molecule has 5 rings (SSSR count). The van der Waals surface area contributed by atoms with Crippen molar-refractivity contribution in [1.29, 1.82) is 0 Å². The monoisotopic (exact) mass is 668 g/mol. The van der Waals surface area contributed by atoms with Gasteiger partial charge in [-0.1, -0.05) is 99.6 Å². The lowest BCUT2D eigenvalue weighted by atomic mass is 10.0. The zero-order valence-corrected chi connectivity index (χ0v) is 28.8. The van der Waals surface area contributed by atoms with Gasteiger partial charge in [-0.2, -0.15) is 0 Å². The Morgan fingerprint density at radius 2 is 1.48 bits per heavy atom. The number of nitrogens with one attached hydrogen (secondary N) is 3. The van der Waals surface area contributed by atoms with Crippen LogP contribution in [0.3, 0.4) is 0 Å². The zero-order chi connectivity index (χ0) is 34.1. The Labute approximate surface area is 283 Å². The van der Waals surface area contributed by atoms with Crippen molar-refractivity contribution >= 4 is 36.5 Å². The van der Waals surface area contributed by atoms with E-state index in [-0.39, 0.29) is 23.7 Å². The minimum absolute atomic E-state index is 0.0800. The minimum atomic E-state index is -2.90. The van der Waals surface area contributed by atoms with Crippen LogP contribution in [0.25, 0.3) is 0 Å². The van der Waals surface area contributed by atoms with E-state index in [1.165, 1.54) is 6.07 Å². The molecule has 4 aromatic rings. The molecule has 1 saturated heterocycles. The van der Waals surface area contributed by atoms with Crippen LogP contribution < -0.4 is 30.7 Å². The van der Waals surface area contributed by atoms with Gasteiger partial charge in [-0.05, 0) is 58.4 Å². The third-order valence-corrected chi connectivity index (χ3v) is 13.9. The molecule has 3 amide bonds. The smallest absolute Gasteiger partial charge is 0.404 e. The first-order valence-corrected chi connectivity index (χ1v) is 18.4. The van der Waals surface area contributed by atoms with Crippen LogP contribution in [0.4, 0.5) is 19.7 Å². The highest BCUT2D eigenvalue weighted by Crippen LogP contribution is 2.38. The molecule has 0 saturated carbocycles. The van der Waals surface area contributed by atoms with Crippen molar-refractivity contribution in [2.45, 2.75) is 57.7 Å². The molecule has 0 unspecified atom stereocenters. The van der Waals surface area contributed by atoms with Gasteiger partial charge in [-0.15, -0.1) is 0 Å². The molecule has 0 spiro atoms. The zero-order valence-electron chi connectivity index (χ0n) is 27.8. The van der Waals surface area contributed by atoms with Gasteiger partial charge < -0.3 is 30.4 Å². The Balaban J connectivity index is 1.16. The van der Waals surface area contributed by atoms with Crippen LogP contribution in [0.1, 0.15) is 44.7 Å². The first-order valence-electron chi connectivity index (χ1n) is 16.5. The van der Waals surface area contributed by atoms with E-state index in [9.17, 15) is 9.59 Å². The Morgan fingerprint density at radius 3 is 2.02 bits per heavy atom. The lowest BCUT2D eigenvalue weighted by Crippen LogP contribution is -2.68. The fraction of sp³-hybridized carbons (Fsp3) is 0.316. The second-order valence-electron chi connectivity index (χ2n) is 13.3. The van der Waals surface area contributed by atoms with Crippen LogP contribution in [0.5, 0.6) is 5.75 Å². The molecule has 0 atom stereocenters. The molecular formula is C38H45FN4O4Si. The van der Waals surface area contributed by atoms with E-state index >= 15 is 4.39 Å². The van der Waals surface area contributed by atoms with Crippen LogP contribution in [-0.2, 0) is 13.0 Å². The predicted octanol–water partition coefficient (Wildman–Crippen LogP) is 6.36. The molecule has 1 heterocycles. The quantitative estimate of drug-likeness (QED) is 0.139. The predicted molar refractivity (Wildman–Crippen MR) is 191 cm³/mol. The molecule has 4 aromatic carbocycles. The van der Waals surface area contributed by atoms with Gasteiger partial charge >= 0.3 is 20.4 Å². The second-order valence-corrected chi connectivity index (χ2v) is 17.5. The van der Waals surface area contributed by atoms with E-state index in [2.05, 4.69) is 61.0 Å². The first kappa shape index (κ1) is 34.5. The van der Waals surface area contributed by atoms with Crippen molar-refractivity contribution in [2.75, 3.05) is 25.0 Å². The van der Waals surface area contributed by atoms with E-state index in [1.807, 2.05) is 60.7 Å². The van der Waals surface area contributed by atoms with Crippen LogP contribution >= 0.6 is 0 Å². The summed E-state index contributed by atoms with van der Waals surface area (Å²) in [6.45, 7) is 8.19. The summed E-state index contributed by atoms with van der Waals surface area (Å²) in [6.07, 6.45) is 1.19. The van der Waals surface area contributed by atoms with Crippen LogP contribution in [0.2, 0.25) is 5.04 Å².